The van der Waals surface area contributed by atoms with E-state index in [1.54, 1.807) is 17.8 Å². The Bertz CT molecular complexity index is 547. The van der Waals surface area contributed by atoms with Crippen LogP contribution in [0.3, 0.4) is 0 Å². The number of rotatable bonds is 4. The van der Waals surface area contributed by atoms with E-state index in [0.717, 1.165) is 0 Å². The summed E-state index contributed by atoms with van der Waals surface area (Å²) in [5.74, 6) is -0.825. The van der Waals surface area contributed by atoms with E-state index >= 15 is 0 Å². The number of aryl methyl sites for hydroxylation is 2. The average molecular weight is 239 g/mol. The first-order valence-corrected chi connectivity index (χ1v) is 4.85. The minimum Gasteiger partial charge on any atom is -0.476 e. The van der Waals surface area contributed by atoms with Crippen molar-refractivity contribution in [1.82, 2.24) is 24.5 Å². The maximum Gasteiger partial charge on any atom is 0.358 e. The zero-order valence-electron chi connectivity index (χ0n) is 9.04. The van der Waals surface area contributed by atoms with Gasteiger partial charge in [0.2, 0.25) is 5.69 Å². The molecule has 17 heavy (non-hydrogen) atoms. The number of nitrogens with zero attached hydrogens (tertiary/aromatic N) is 5. The number of hydrogen-bond acceptors (Lipinski definition) is 4. The maximum atomic E-state index is 12.3. The molecule has 0 aliphatic heterocycles. The van der Waals surface area contributed by atoms with Crippen LogP contribution in [0.2, 0.25) is 0 Å². The monoisotopic (exact) mass is 239 g/mol. The van der Waals surface area contributed by atoms with E-state index in [-0.39, 0.29) is 17.9 Å². The molecule has 2 aromatic rings. The molecule has 7 nitrogen and oxygen atoms in total. The molecule has 0 aliphatic rings. The molecule has 0 bridgehead atoms. The highest BCUT2D eigenvalue weighted by Crippen LogP contribution is 2.19. The Morgan fingerprint density at radius 3 is 2.88 bits per heavy atom. The molecule has 1 N–H and O–H groups in total. The van der Waals surface area contributed by atoms with Crippen molar-refractivity contribution in [3.05, 3.63) is 18.1 Å². The van der Waals surface area contributed by atoms with Crippen LogP contribution in [0, 0.1) is 0 Å². The summed E-state index contributed by atoms with van der Waals surface area (Å²) in [4.78, 5) is 15.0. The maximum absolute atomic E-state index is 12.3. The number of carboxylic acids is 1. The van der Waals surface area contributed by atoms with Gasteiger partial charge in [-0.2, -0.15) is 0 Å². The van der Waals surface area contributed by atoms with Crippen LogP contribution in [0.4, 0.5) is 4.39 Å². The second kappa shape index (κ2) is 4.32. The zero-order valence-corrected chi connectivity index (χ0v) is 9.04. The van der Waals surface area contributed by atoms with E-state index in [9.17, 15) is 9.18 Å². The van der Waals surface area contributed by atoms with Crippen LogP contribution in [0.5, 0.6) is 0 Å². The predicted molar refractivity (Wildman–Crippen MR) is 55.2 cm³/mol. The Morgan fingerprint density at radius 1 is 1.59 bits per heavy atom. The van der Waals surface area contributed by atoms with Gasteiger partial charge in [-0.15, -0.1) is 5.10 Å². The van der Waals surface area contributed by atoms with Gasteiger partial charge in [-0.25, -0.2) is 18.9 Å². The fraction of sp³-hybridized carbons (Fsp3) is 0.333. The van der Waals surface area contributed by atoms with Crippen molar-refractivity contribution >= 4 is 5.97 Å². The molecule has 0 spiro atoms. The number of imidazole rings is 1. The molecule has 2 heterocycles. The third-order valence-electron chi connectivity index (χ3n) is 2.27. The van der Waals surface area contributed by atoms with Crippen molar-refractivity contribution in [2.75, 3.05) is 6.67 Å². The smallest absolute Gasteiger partial charge is 0.358 e. The highest BCUT2D eigenvalue weighted by molar-refractivity contribution is 5.91. The van der Waals surface area contributed by atoms with Gasteiger partial charge in [0.1, 0.15) is 12.4 Å². The lowest BCUT2D eigenvalue weighted by Gasteiger charge is -2.04. The highest BCUT2D eigenvalue weighted by Gasteiger charge is 2.23. The predicted octanol–water partition coefficient (Wildman–Crippen LogP) is 0.346. The van der Waals surface area contributed by atoms with Gasteiger partial charge in [-0.05, 0) is 0 Å². The molecule has 0 atom stereocenters. The number of carboxylic acid groups (broad SMARTS) is 1. The second-order valence-electron chi connectivity index (χ2n) is 3.37. The lowest BCUT2D eigenvalue weighted by molar-refractivity contribution is 0.0691. The Morgan fingerprint density at radius 2 is 2.35 bits per heavy atom. The number of aromatic carboxylic acids is 1. The van der Waals surface area contributed by atoms with Crippen molar-refractivity contribution in [2.45, 2.75) is 6.54 Å². The van der Waals surface area contributed by atoms with Crippen molar-refractivity contribution in [1.29, 1.82) is 0 Å². The normalized spacial score (nSPS) is 10.7. The van der Waals surface area contributed by atoms with E-state index in [1.807, 2.05) is 0 Å². The first kappa shape index (κ1) is 11.2. The van der Waals surface area contributed by atoms with Crippen LogP contribution in [-0.4, -0.2) is 42.3 Å². The molecule has 0 aliphatic carbocycles. The Kier molecular flexibility index (Phi) is 2.86. The minimum atomic E-state index is -1.21. The third kappa shape index (κ3) is 1.88. The molecular weight excluding hydrogens is 229 g/mol. The molecule has 0 amide bonds. The Balaban J connectivity index is 2.60. The molecule has 8 heteroatoms. The summed E-state index contributed by atoms with van der Waals surface area (Å²) < 4.78 is 15.2. The largest absolute Gasteiger partial charge is 0.476 e. The number of aromatic nitrogens is 5. The summed E-state index contributed by atoms with van der Waals surface area (Å²) in [6.07, 6.45) is 3.18. The van der Waals surface area contributed by atoms with Crippen LogP contribution in [0.25, 0.3) is 11.5 Å². The van der Waals surface area contributed by atoms with E-state index in [4.69, 9.17) is 5.11 Å². The van der Waals surface area contributed by atoms with Crippen molar-refractivity contribution < 1.29 is 14.3 Å². The first-order chi connectivity index (χ1) is 8.15. The molecule has 2 aromatic heterocycles. The van der Waals surface area contributed by atoms with Crippen molar-refractivity contribution in [2.24, 2.45) is 7.05 Å². The molecule has 0 radical (unpaired) electrons. The van der Waals surface area contributed by atoms with E-state index in [1.165, 1.54) is 10.9 Å². The molecule has 0 fully saturated rings. The summed E-state index contributed by atoms with van der Waals surface area (Å²) in [7, 11) is 1.71. The third-order valence-corrected chi connectivity index (χ3v) is 2.27. The van der Waals surface area contributed by atoms with Gasteiger partial charge in [0, 0.05) is 19.4 Å². The summed E-state index contributed by atoms with van der Waals surface area (Å²) in [6.45, 7) is -0.706. The number of alkyl halides is 1. The zero-order chi connectivity index (χ0) is 12.4. The molecule has 0 saturated heterocycles. The van der Waals surface area contributed by atoms with Gasteiger partial charge in [-0.3, -0.25) is 0 Å². The van der Waals surface area contributed by atoms with E-state index < -0.39 is 12.6 Å². The van der Waals surface area contributed by atoms with Gasteiger partial charge in [-0.1, -0.05) is 5.21 Å². The van der Waals surface area contributed by atoms with E-state index in [0.29, 0.717) is 5.82 Å². The van der Waals surface area contributed by atoms with Crippen LogP contribution in [0.1, 0.15) is 10.5 Å². The van der Waals surface area contributed by atoms with Crippen LogP contribution in [-0.2, 0) is 13.6 Å². The van der Waals surface area contributed by atoms with Crippen LogP contribution >= 0.6 is 0 Å². The minimum absolute atomic E-state index is 0.0531. The molecular formula is C9H10FN5O2. The standard InChI is InChI=1S/C9H10FN5O2/c1-14-5-3-11-8(14)7-6(9(16)17)12-13-15(7)4-2-10/h3,5H,2,4H2,1H3,(H,16,17). The van der Waals surface area contributed by atoms with Gasteiger partial charge >= 0.3 is 5.97 Å². The average Bonchev–Trinajstić information content (AvgIpc) is 2.84. The first-order valence-electron chi connectivity index (χ1n) is 4.85. The number of carbonyl (C=O) groups is 1. The fourth-order valence-corrected chi connectivity index (χ4v) is 1.51. The second-order valence-corrected chi connectivity index (χ2v) is 3.37. The summed E-state index contributed by atoms with van der Waals surface area (Å²) in [6, 6.07) is 0. The van der Waals surface area contributed by atoms with Crippen LogP contribution in [0.15, 0.2) is 12.4 Å². The van der Waals surface area contributed by atoms with Gasteiger partial charge in [0.25, 0.3) is 0 Å². The van der Waals surface area contributed by atoms with Crippen molar-refractivity contribution in [3.8, 4) is 11.5 Å². The molecule has 0 aromatic carbocycles. The number of hydrogen-bond donors (Lipinski definition) is 1. The summed E-state index contributed by atoms with van der Waals surface area (Å²) in [5.41, 5.74) is -0.0181. The topological polar surface area (TPSA) is 85.8 Å². The quantitative estimate of drug-likeness (QED) is 0.831. The van der Waals surface area contributed by atoms with E-state index in [2.05, 4.69) is 15.3 Å². The van der Waals surface area contributed by atoms with Crippen LogP contribution < -0.4 is 0 Å². The van der Waals surface area contributed by atoms with Gasteiger partial charge < -0.3 is 9.67 Å². The fourth-order valence-electron chi connectivity index (χ4n) is 1.51. The Hall–Kier alpha value is -2.25. The lowest BCUT2D eigenvalue weighted by atomic mass is 10.3. The summed E-state index contributed by atoms with van der Waals surface area (Å²) in [5, 5.41) is 16.1. The SMILES string of the molecule is Cn1ccnc1-c1c(C(=O)O)nnn1CCF. The summed E-state index contributed by atoms with van der Waals surface area (Å²) >= 11 is 0. The highest BCUT2D eigenvalue weighted by atomic mass is 19.1. The van der Waals surface area contributed by atoms with Gasteiger partial charge in [0.05, 0.1) is 6.54 Å². The lowest BCUT2D eigenvalue weighted by Crippen LogP contribution is -2.08. The molecule has 0 saturated carbocycles. The van der Waals surface area contributed by atoms with Gasteiger partial charge in [0.15, 0.2) is 5.82 Å². The Labute approximate surface area is 95.5 Å². The molecule has 2 rings (SSSR count). The molecule has 0 unspecified atom stereocenters. The number of halogens is 1. The van der Waals surface area contributed by atoms with Crippen molar-refractivity contribution in [3.63, 3.8) is 0 Å². The molecule has 90 valence electrons.